The number of aromatic hydroxyl groups is 1. The summed E-state index contributed by atoms with van der Waals surface area (Å²) in [6.45, 7) is 6.10. The zero-order valence-corrected chi connectivity index (χ0v) is 22.2. The van der Waals surface area contributed by atoms with Crippen LogP contribution in [0.1, 0.15) is 43.4 Å². The first kappa shape index (κ1) is 27.0. The maximum absolute atomic E-state index is 10.4. The van der Waals surface area contributed by atoms with E-state index in [0.29, 0.717) is 12.3 Å². The van der Waals surface area contributed by atoms with Gasteiger partial charge >= 0.3 is 0 Å². The second-order valence-corrected chi connectivity index (χ2v) is 7.93. The predicted octanol–water partition coefficient (Wildman–Crippen LogP) is 4.31. The molecular weight excluding hydrogens is 531 g/mol. The fourth-order valence-corrected chi connectivity index (χ4v) is 4.07. The third-order valence-corrected chi connectivity index (χ3v) is 5.85. The van der Waals surface area contributed by atoms with E-state index in [1.165, 1.54) is 24.8 Å². The van der Waals surface area contributed by atoms with Gasteiger partial charge in [0.15, 0.2) is 17.5 Å². The van der Waals surface area contributed by atoms with Crippen molar-refractivity contribution in [2.24, 2.45) is 4.99 Å². The predicted molar refractivity (Wildman–Crippen MR) is 144 cm³/mol. The Morgan fingerprint density at radius 1 is 1.03 bits per heavy atom. The van der Waals surface area contributed by atoms with E-state index in [9.17, 15) is 5.11 Å². The molecule has 33 heavy (non-hydrogen) atoms. The number of hydrogen-bond acceptors (Lipinski definition) is 5. The second-order valence-electron chi connectivity index (χ2n) is 7.93. The van der Waals surface area contributed by atoms with Crippen LogP contribution in [0.5, 0.6) is 17.2 Å². The molecule has 2 aromatic rings. The van der Waals surface area contributed by atoms with Crippen LogP contribution in [0.2, 0.25) is 0 Å². The van der Waals surface area contributed by atoms with Crippen LogP contribution in [0.25, 0.3) is 0 Å². The zero-order chi connectivity index (χ0) is 22.8. The van der Waals surface area contributed by atoms with Gasteiger partial charge in [-0.05, 0) is 56.6 Å². The second kappa shape index (κ2) is 14.1. The molecule has 0 bridgehead atoms. The van der Waals surface area contributed by atoms with Gasteiger partial charge in [0.25, 0.3) is 0 Å². The van der Waals surface area contributed by atoms with E-state index < -0.39 is 0 Å². The number of guanidine groups is 1. The van der Waals surface area contributed by atoms with Gasteiger partial charge in [-0.15, -0.1) is 24.0 Å². The van der Waals surface area contributed by atoms with Gasteiger partial charge in [-0.25, -0.2) is 4.99 Å². The van der Waals surface area contributed by atoms with Crippen molar-refractivity contribution in [1.82, 2.24) is 15.5 Å². The minimum absolute atomic E-state index is 0. The van der Waals surface area contributed by atoms with Crippen molar-refractivity contribution in [3.8, 4) is 17.2 Å². The summed E-state index contributed by atoms with van der Waals surface area (Å²) in [6, 6.07) is 14.1. The summed E-state index contributed by atoms with van der Waals surface area (Å²) in [5, 5.41) is 17.2. The van der Waals surface area contributed by atoms with Gasteiger partial charge in [0.2, 0.25) is 0 Å². The Morgan fingerprint density at radius 3 is 2.39 bits per heavy atom. The number of ether oxygens (including phenoxy) is 2. The normalized spacial score (nSPS) is 15.3. The number of para-hydroxylation sites is 1. The van der Waals surface area contributed by atoms with Crippen molar-refractivity contribution in [3.05, 3.63) is 53.6 Å². The molecule has 8 heteroatoms. The number of benzene rings is 2. The molecule has 1 unspecified atom stereocenters. The minimum Gasteiger partial charge on any atom is -0.504 e. The smallest absolute Gasteiger partial charge is 0.191 e. The van der Waals surface area contributed by atoms with Crippen molar-refractivity contribution in [2.75, 3.05) is 40.4 Å². The van der Waals surface area contributed by atoms with Gasteiger partial charge in [0.05, 0.1) is 26.8 Å². The lowest BCUT2D eigenvalue weighted by molar-refractivity contribution is 0.164. The van der Waals surface area contributed by atoms with E-state index in [2.05, 4.69) is 27.7 Å². The van der Waals surface area contributed by atoms with Crippen LogP contribution >= 0.6 is 24.0 Å². The topological polar surface area (TPSA) is 78.4 Å². The van der Waals surface area contributed by atoms with Gasteiger partial charge in [-0.2, -0.15) is 0 Å². The molecule has 0 aromatic heterocycles. The molecule has 1 aliphatic rings. The lowest BCUT2D eigenvalue weighted by Crippen LogP contribution is -2.44. The molecule has 0 amide bonds. The van der Waals surface area contributed by atoms with E-state index in [4.69, 9.17) is 14.5 Å². The van der Waals surface area contributed by atoms with Crippen molar-refractivity contribution < 1.29 is 14.6 Å². The first-order valence-corrected chi connectivity index (χ1v) is 11.4. The van der Waals surface area contributed by atoms with Crippen LogP contribution in [-0.4, -0.2) is 56.4 Å². The van der Waals surface area contributed by atoms with Gasteiger partial charge < -0.3 is 25.2 Å². The molecule has 1 heterocycles. The molecular formula is C25H37IN4O3. The monoisotopic (exact) mass is 568 g/mol. The third kappa shape index (κ3) is 7.67. The summed E-state index contributed by atoms with van der Waals surface area (Å²) in [4.78, 5) is 7.25. The fraction of sp³-hybridized carbons (Fsp3) is 0.480. The molecule has 0 spiro atoms. The molecule has 1 aliphatic heterocycles. The third-order valence-electron chi connectivity index (χ3n) is 5.85. The number of rotatable bonds is 9. The van der Waals surface area contributed by atoms with E-state index >= 15 is 0 Å². The molecule has 3 rings (SSSR count). The first-order valence-electron chi connectivity index (χ1n) is 11.4. The summed E-state index contributed by atoms with van der Waals surface area (Å²) in [6.07, 6.45) is 3.76. The highest BCUT2D eigenvalue weighted by Gasteiger charge is 2.22. The number of halogens is 1. The highest BCUT2D eigenvalue weighted by atomic mass is 127. The Labute approximate surface area is 214 Å². The number of nitrogens with one attached hydrogen (secondary N) is 2. The Balaban J connectivity index is 0.00000385. The average Bonchev–Trinajstić information content (AvgIpc) is 2.84. The average molecular weight is 569 g/mol. The van der Waals surface area contributed by atoms with Gasteiger partial charge in [-0.1, -0.05) is 30.7 Å². The first-order chi connectivity index (χ1) is 15.7. The molecule has 2 aromatic carbocycles. The molecule has 0 aliphatic carbocycles. The van der Waals surface area contributed by atoms with Crippen molar-refractivity contribution >= 4 is 29.9 Å². The molecule has 1 saturated heterocycles. The van der Waals surface area contributed by atoms with Crippen LogP contribution in [0.4, 0.5) is 0 Å². The fourth-order valence-electron chi connectivity index (χ4n) is 4.07. The quantitative estimate of drug-likeness (QED) is 0.238. The van der Waals surface area contributed by atoms with Crippen molar-refractivity contribution in [2.45, 2.75) is 38.8 Å². The number of aliphatic imine (C=N–C) groups is 1. The van der Waals surface area contributed by atoms with Crippen LogP contribution in [0.15, 0.2) is 47.5 Å². The minimum atomic E-state index is 0. The number of phenols is 1. The number of piperidine rings is 1. The maximum atomic E-state index is 10.4. The number of phenolic OH excluding ortho intramolecular Hbond substituents is 1. The van der Waals surface area contributed by atoms with Gasteiger partial charge in [-0.3, -0.25) is 4.90 Å². The Hall–Kier alpha value is -2.20. The molecule has 0 saturated carbocycles. The standard InChI is InChI=1S/C25H36N4O3.HI/c1-4-26-25(27-17-20-9-8-10-23(32-3)24(20)30)28-18-22(29-15-6-5-7-16-29)19-11-13-21(31-2)14-12-19;/h8-14,22,30H,4-7,15-18H2,1-3H3,(H2,26,27,28);1H. The maximum Gasteiger partial charge on any atom is 0.191 e. The molecule has 0 radical (unpaired) electrons. The summed E-state index contributed by atoms with van der Waals surface area (Å²) in [5.74, 6) is 2.19. The number of likely N-dealkylation sites (tertiary alicyclic amines) is 1. The summed E-state index contributed by atoms with van der Waals surface area (Å²) >= 11 is 0. The largest absolute Gasteiger partial charge is 0.504 e. The molecule has 1 atom stereocenters. The van der Waals surface area contributed by atoms with Crippen molar-refractivity contribution in [3.63, 3.8) is 0 Å². The van der Waals surface area contributed by atoms with E-state index in [0.717, 1.165) is 43.5 Å². The number of nitrogens with zero attached hydrogens (tertiary/aromatic N) is 2. The van der Waals surface area contributed by atoms with Crippen molar-refractivity contribution in [1.29, 1.82) is 0 Å². The molecule has 3 N–H and O–H groups in total. The van der Waals surface area contributed by atoms with Crippen LogP contribution in [-0.2, 0) is 6.54 Å². The lowest BCUT2D eigenvalue weighted by atomic mass is 10.0. The highest BCUT2D eigenvalue weighted by molar-refractivity contribution is 14.0. The highest BCUT2D eigenvalue weighted by Crippen LogP contribution is 2.30. The molecule has 1 fully saturated rings. The van der Waals surface area contributed by atoms with Gasteiger partial charge in [0, 0.05) is 18.7 Å². The molecule has 182 valence electrons. The lowest BCUT2D eigenvalue weighted by Gasteiger charge is -2.35. The Kier molecular flexibility index (Phi) is 11.6. The van der Waals surface area contributed by atoms with E-state index in [-0.39, 0.29) is 35.8 Å². The number of hydrogen-bond donors (Lipinski definition) is 3. The van der Waals surface area contributed by atoms with E-state index in [1.54, 1.807) is 20.3 Å². The van der Waals surface area contributed by atoms with Crippen LogP contribution < -0.4 is 20.1 Å². The molecule has 7 nitrogen and oxygen atoms in total. The van der Waals surface area contributed by atoms with Crippen LogP contribution in [0, 0.1) is 0 Å². The Bertz CT molecular complexity index is 870. The number of methoxy groups -OCH3 is 2. The summed E-state index contributed by atoms with van der Waals surface area (Å²) < 4.78 is 10.5. The summed E-state index contributed by atoms with van der Waals surface area (Å²) in [5.41, 5.74) is 1.99. The van der Waals surface area contributed by atoms with E-state index in [1.807, 2.05) is 31.2 Å². The van der Waals surface area contributed by atoms with Crippen LogP contribution in [0.3, 0.4) is 0 Å². The zero-order valence-electron chi connectivity index (χ0n) is 19.8. The SMILES string of the molecule is CCNC(=NCc1cccc(OC)c1O)NCC(c1ccc(OC)cc1)N1CCCCC1.I. The summed E-state index contributed by atoms with van der Waals surface area (Å²) in [7, 11) is 3.24. The van der Waals surface area contributed by atoms with Gasteiger partial charge in [0.1, 0.15) is 5.75 Å². The Morgan fingerprint density at radius 2 is 1.76 bits per heavy atom.